The molecule has 2 unspecified atom stereocenters. The highest BCUT2D eigenvalue weighted by molar-refractivity contribution is 7.93. The number of benzene rings is 1. The summed E-state index contributed by atoms with van der Waals surface area (Å²) in [5, 5.41) is 13.8. The molecule has 3 heterocycles. The molecule has 0 saturated heterocycles. The number of pyridine rings is 1. The van der Waals surface area contributed by atoms with E-state index in [0.717, 1.165) is 27.8 Å². The molecule has 4 aromatic rings. The van der Waals surface area contributed by atoms with Gasteiger partial charge in [-0.2, -0.15) is 13.2 Å². The van der Waals surface area contributed by atoms with E-state index in [1.807, 2.05) is 0 Å². The van der Waals surface area contributed by atoms with Crippen molar-refractivity contribution in [2.45, 2.75) is 38.3 Å². The molecule has 0 bridgehead atoms. The summed E-state index contributed by atoms with van der Waals surface area (Å²) in [5.74, 6) is -4.89. The summed E-state index contributed by atoms with van der Waals surface area (Å²) < 4.78 is 96.8. The van der Waals surface area contributed by atoms with Crippen LogP contribution in [-0.2, 0) is 19.6 Å². The number of hydrogen-bond donors (Lipinski definition) is 2. The molecule has 0 saturated carbocycles. The molecule has 18 heteroatoms. The zero-order valence-electron chi connectivity index (χ0n) is 22.8. The van der Waals surface area contributed by atoms with Crippen LogP contribution in [-0.4, -0.2) is 67.7 Å². The van der Waals surface area contributed by atoms with Crippen LogP contribution in [0.1, 0.15) is 30.0 Å². The number of sulfonamides is 1. The fraction of sp³-hybridized carbons (Fsp3) is 0.280. The normalized spacial score (nSPS) is 13.0. The molecule has 1 aromatic carbocycles. The third-order valence-electron chi connectivity index (χ3n) is 5.66. The van der Waals surface area contributed by atoms with Gasteiger partial charge in [0.05, 0.1) is 0 Å². The second kappa shape index (κ2) is 13.2. The number of ether oxygens (including phenoxy) is 1. The number of carboxylic acid groups (broad SMARTS) is 1. The monoisotopic (exact) mass is 629 g/mol. The molecule has 0 aliphatic rings. The maximum atomic E-state index is 14.9. The number of nitrogens with one attached hydrogen (secondary N) is 1. The number of carbonyl (C=O) groups is 1. The van der Waals surface area contributed by atoms with Gasteiger partial charge in [0, 0.05) is 37.5 Å². The van der Waals surface area contributed by atoms with E-state index < -0.39 is 56.8 Å². The summed E-state index contributed by atoms with van der Waals surface area (Å²) >= 11 is 0. The standard InChI is InChI=1S/C23H23F2N7O3S.C2HF3O2/c1-13-8-16(12-26-9-13)22-29-30-23(32(22)19-17(24)6-5-7-18(19)25)31-36(33,34)15(3)20(35-4)21-27-10-14(2)11-28-21;3-2(4,5)1(6)7/h5-12,15,20H,1-4H3,(H,30,31);(H,6,7). The first-order chi connectivity index (χ1) is 20.1. The first-order valence-corrected chi connectivity index (χ1v) is 13.6. The lowest BCUT2D eigenvalue weighted by Gasteiger charge is -2.22. The van der Waals surface area contributed by atoms with Crippen LogP contribution in [0.15, 0.2) is 49.1 Å². The van der Waals surface area contributed by atoms with Gasteiger partial charge in [0.1, 0.15) is 28.7 Å². The Balaban J connectivity index is 0.000000646. The van der Waals surface area contributed by atoms with E-state index in [2.05, 4.69) is 29.9 Å². The lowest BCUT2D eigenvalue weighted by Crippen LogP contribution is -2.33. The Morgan fingerprint density at radius 3 is 2.12 bits per heavy atom. The van der Waals surface area contributed by atoms with E-state index in [0.29, 0.717) is 5.56 Å². The predicted octanol–water partition coefficient (Wildman–Crippen LogP) is 4.17. The van der Waals surface area contributed by atoms with Gasteiger partial charge < -0.3 is 9.84 Å². The zero-order valence-corrected chi connectivity index (χ0v) is 23.7. The number of methoxy groups -OCH3 is 1. The van der Waals surface area contributed by atoms with Crippen LogP contribution >= 0.6 is 0 Å². The van der Waals surface area contributed by atoms with Gasteiger partial charge in [-0.05, 0) is 50.1 Å². The van der Waals surface area contributed by atoms with E-state index in [9.17, 15) is 30.4 Å². The van der Waals surface area contributed by atoms with Crippen molar-refractivity contribution in [1.29, 1.82) is 0 Å². The molecule has 0 amide bonds. The molecule has 4 rings (SSSR count). The van der Waals surface area contributed by atoms with Crippen molar-refractivity contribution in [2.24, 2.45) is 0 Å². The van der Waals surface area contributed by atoms with E-state index >= 15 is 0 Å². The van der Waals surface area contributed by atoms with Crippen LogP contribution in [0, 0.1) is 25.5 Å². The quantitative estimate of drug-likeness (QED) is 0.271. The summed E-state index contributed by atoms with van der Waals surface area (Å²) in [6.45, 7) is 4.98. The summed E-state index contributed by atoms with van der Waals surface area (Å²) in [7, 11) is -2.92. The van der Waals surface area contributed by atoms with Crippen molar-refractivity contribution in [1.82, 2.24) is 29.7 Å². The van der Waals surface area contributed by atoms with Gasteiger partial charge in [-0.3, -0.25) is 14.3 Å². The molecule has 43 heavy (non-hydrogen) atoms. The lowest BCUT2D eigenvalue weighted by atomic mass is 10.2. The average molecular weight is 630 g/mol. The summed E-state index contributed by atoms with van der Waals surface area (Å²) in [6, 6.07) is 4.98. The van der Waals surface area contributed by atoms with Crippen molar-refractivity contribution in [2.75, 3.05) is 11.8 Å². The topological polar surface area (TPSA) is 162 Å². The van der Waals surface area contributed by atoms with Crippen molar-refractivity contribution in [3.05, 3.63) is 77.6 Å². The summed E-state index contributed by atoms with van der Waals surface area (Å²) in [4.78, 5) is 21.3. The van der Waals surface area contributed by atoms with Gasteiger partial charge in [-0.1, -0.05) is 6.07 Å². The maximum Gasteiger partial charge on any atom is 0.490 e. The Morgan fingerprint density at radius 2 is 1.60 bits per heavy atom. The zero-order chi connectivity index (χ0) is 32.1. The van der Waals surface area contributed by atoms with Gasteiger partial charge in [-0.15, -0.1) is 10.2 Å². The Hall–Kier alpha value is -4.58. The minimum absolute atomic E-state index is 0.00860. The first-order valence-electron chi connectivity index (χ1n) is 12.0. The Labute approximate surface area is 241 Å². The minimum atomic E-state index is -5.08. The molecule has 2 N–H and O–H groups in total. The number of para-hydroxylation sites is 1. The number of carboxylic acids is 1. The molecule has 230 valence electrons. The second-order valence-corrected chi connectivity index (χ2v) is 11.0. The highest BCUT2D eigenvalue weighted by Crippen LogP contribution is 2.31. The molecule has 3 aromatic heterocycles. The van der Waals surface area contributed by atoms with Crippen molar-refractivity contribution in [3.8, 4) is 17.1 Å². The molecule has 0 radical (unpaired) electrons. The number of nitrogens with zero attached hydrogens (tertiary/aromatic N) is 6. The third-order valence-corrected chi connectivity index (χ3v) is 7.35. The van der Waals surface area contributed by atoms with Crippen LogP contribution in [0.5, 0.6) is 0 Å². The van der Waals surface area contributed by atoms with Gasteiger partial charge >= 0.3 is 12.1 Å². The third kappa shape index (κ3) is 7.83. The van der Waals surface area contributed by atoms with Crippen LogP contribution in [0.3, 0.4) is 0 Å². The predicted molar refractivity (Wildman–Crippen MR) is 141 cm³/mol. The molecule has 0 aliphatic carbocycles. The number of rotatable bonds is 8. The van der Waals surface area contributed by atoms with E-state index in [1.54, 1.807) is 38.5 Å². The van der Waals surface area contributed by atoms with Crippen LogP contribution in [0.25, 0.3) is 17.1 Å². The number of aryl methyl sites for hydroxylation is 2. The number of aromatic nitrogens is 6. The minimum Gasteiger partial charge on any atom is -0.475 e. The van der Waals surface area contributed by atoms with Crippen LogP contribution in [0.4, 0.5) is 27.9 Å². The van der Waals surface area contributed by atoms with Gasteiger partial charge in [0.15, 0.2) is 11.6 Å². The Morgan fingerprint density at radius 1 is 1.02 bits per heavy atom. The highest BCUT2D eigenvalue weighted by atomic mass is 32.2. The molecule has 0 spiro atoms. The number of aliphatic carboxylic acids is 1. The summed E-state index contributed by atoms with van der Waals surface area (Å²) in [6.07, 6.45) is -0.00736. The Bertz CT molecular complexity index is 1680. The number of anilines is 1. The largest absolute Gasteiger partial charge is 0.490 e. The van der Waals surface area contributed by atoms with E-state index in [1.165, 1.54) is 26.3 Å². The van der Waals surface area contributed by atoms with E-state index in [-0.39, 0.29) is 11.6 Å². The molecular weight excluding hydrogens is 605 g/mol. The first kappa shape index (κ1) is 32.9. The molecular formula is C25H24F5N7O5S. The molecule has 2 atom stereocenters. The van der Waals surface area contributed by atoms with Crippen molar-refractivity contribution < 1.29 is 45.0 Å². The SMILES string of the molecule is COC(c1ncc(C)cn1)C(C)S(=O)(=O)Nc1nnc(-c2cncc(C)c2)n1-c1c(F)cccc1F.O=C(O)C(F)(F)F. The average Bonchev–Trinajstić information content (AvgIpc) is 3.32. The van der Waals surface area contributed by atoms with Gasteiger partial charge in [-0.25, -0.2) is 32.0 Å². The van der Waals surface area contributed by atoms with Gasteiger partial charge in [0.25, 0.3) is 0 Å². The molecule has 0 fully saturated rings. The fourth-order valence-electron chi connectivity index (χ4n) is 3.57. The summed E-state index contributed by atoms with van der Waals surface area (Å²) in [5.41, 5.74) is 1.38. The van der Waals surface area contributed by atoms with E-state index in [4.69, 9.17) is 14.6 Å². The van der Waals surface area contributed by atoms with Gasteiger partial charge in [0.2, 0.25) is 16.0 Å². The Kier molecular flexibility index (Phi) is 10.1. The lowest BCUT2D eigenvalue weighted by molar-refractivity contribution is -0.192. The number of hydrogen-bond acceptors (Lipinski definition) is 9. The number of alkyl halides is 3. The molecule has 12 nitrogen and oxygen atoms in total. The molecule has 0 aliphatic heterocycles. The maximum absolute atomic E-state index is 14.9. The van der Waals surface area contributed by atoms with Crippen LogP contribution in [0.2, 0.25) is 0 Å². The highest BCUT2D eigenvalue weighted by Gasteiger charge is 2.38. The van der Waals surface area contributed by atoms with Crippen molar-refractivity contribution in [3.63, 3.8) is 0 Å². The van der Waals surface area contributed by atoms with Crippen LogP contribution < -0.4 is 4.72 Å². The smallest absolute Gasteiger partial charge is 0.475 e. The van der Waals surface area contributed by atoms with Crippen molar-refractivity contribution >= 4 is 21.9 Å². The second-order valence-electron chi connectivity index (χ2n) is 8.93. The fourth-order valence-corrected chi connectivity index (χ4v) is 4.70. The number of halogens is 5.